The van der Waals surface area contributed by atoms with Gasteiger partial charge in [-0.3, -0.25) is 0 Å². The van der Waals surface area contributed by atoms with Gasteiger partial charge in [0.15, 0.2) is 0 Å². The Bertz CT molecular complexity index is 110. The Morgan fingerprint density at radius 1 is 0.900 bits per heavy atom. The van der Waals surface area contributed by atoms with Gasteiger partial charge in [0.1, 0.15) is 0 Å². The van der Waals surface area contributed by atoms with Crippen molar-refractivity contribution in [3.05, 3.63) is 12.2 Å². The molecule has 0 aromatic rings. The first-order valence-electron chi connectivity index (χ1n) is 2.67. The van der Waals surface area contributed by atoms with Gasteiger partial charge in [-0.2, -0.15) is 0 Å². The number of allylic oxidation sites excluding steroid dienone is 2. The molecule has 0 aliphatic heterocycles. The van der Waals surface area contributed by atoms with Gasteiger partial charge in [0.25, 0.3) is 0 Å². The van der Waals surface area contributed by atoms with Crippen LogP contribution in [-0.4, -0.2) is 8.67 Å². The van der Waals surface area contributed by atoms with Gasteiger partial charge >= 0.3 is 0 Å². The Balaban J connectivity index is 4.01. The number of hydrogen-bond donors (Lipinski definition) is 0. The molecule has 0 rings (SSSR count). The van der Waals surface area contributed by atoms with E-state index in [9.17, 15) is 0 Å². The molecule has 10 heavy (non-hydrogen) atoms. The van der Waals surface area contributed by atoms with Crippen molar-refractivity contribution in [2.45, 2.75) is 22.5 Å². The molecular weight excluding hydrogens is 214 g/mol. The van der Waals surface area contributed by atoms with Crippen LogP contribution in [0.25, 0.3) is 0 Å². The van der Waals surface area contributed by atoms with Gasteiger partial charge in [-0.25, -0.2) is 0 Å². The van der Waals surface area contributed by atoms with E-state index in [4.69, 9.17) is 46.4 Å². The van der Waals surface area contributed by atoms with Gasteiger partial charge in [-0.05, 0) is 19.9 Å². The molecule has 0 fully saturated rings. The highest BCUT2D eigenvalue weighted by molar-refractivity contribution is 6.68. The van der Waals surface area contributed by atoms with E-state index in [2.05, 4.69) is 0 Å². The van der Waals surface area contributed by atoms with Gasteiger partial charge in [0.2, 0.25) is 3.79 Å². The lowest BCUT2D eigenvalue weighted by atomic mass is 10.2. The van der Waals surface area contributed by atoms with Crippen LogP contribution in [0.4, 0.5) is 0 Å². The van der Waals surface area contributed by atoms with E-state index in [0.29, 0.717) is 0 Å². The number of hydrogen-bond acceptors (Lipinski definition) is 0. The molecule has 0 N–H and O–H groups in total. The molecule has 0 aliphatic carbocycles. The van der Waals surface area contributed by atoms with Gasteiger partial charge in [-0.15, -0.1) is 11.6 Å². The highest BCUT2D eigenvalue weighted by atomic mass is 35.6. The molecule has 0 heterocycles. The molecule has 0 aliphatic rings. The van der Waals surface area contributed by atoms with Gasteiger partial charge < -0.3 is 0 Å². The first kappa shape index (κ1) is 10.9. The normalized spacial score (nSPS) is 14.6. The molecule has 0 atom stereocenters. The van der Waals surface area contributed by atoms with E-state index in [1.165, 1.54) is 6.08 Å². The monoisotopic (exact) mass is 220 g/mol. The van der Waals surface area contributed by atoms with Gasteiger partial charge in [0.05, 0.1) is 4.87 Å². The summed E-state index contributed by atoms with van der Waals surface area (Å²) in [5.41, 5.74) is 0. The molecule has 0 unspecified atom stereocenters. The average Bonchev–Trinajstić information content (AvgIpc) is 1.57. The van der Waals surface area contributed by atoms with Crippen LogP contribution in [0.15, 0.2) is 12.2 Å². The Morgan fingerprint density at radius 2 is 1.30 bits per heavy atom. The smallest absolute Gasteiger partial charge is 0.115 e. The summed E-state index contributed by atoms with van der Waals surface area (Å²) in [6.45, 7) is 3.61. The summed E-state index contributed by atoms with van der Waals surface area (Å²) in [6, 6.07) is 0. The Hall–Kier alpha value is 0.900. The van der Waals surface area contributed by atoms with Crippen LogP contribution in [0.3, 0.4) is 0 Å². The second-order valence-electron chi connectivity index (χ2n) is 2.44. The molecule has 0 bridgehead atoms. The molecule has 0 radical (unpaired) electrons. The van der Waals surface area contributed by atoms with Gasteiger partial charge in [-0.1, -0.05) is 40.9 Å². The molecule has 60 valence electrons. The third kappa shape index (κ3) is 8.90. The minimum atomic E-state index is -1.34. The van der Waals surface area contributed by atoms with Crippen LogP contribution in [0.5, 0.6) is 0 Å². The minimum Gasteiger partial charge on any atom is -0.115 e. The number of rotatable bonds is 1. The molecular formula is C6H8Cl4. The van der Waals surface area contributed by atoms with Crippen LogP contribution in [-0.2, 0) is 0 Å². The molecule has 0 spiro atoms. The quantitative estimate of drug-likeness (QED) is 0.465. The van der Waals surface area contributed by atoms with Crippen molar-refractivity contribution in [3.8, 4) is 0 Å². The van der Waals surface area contributed by atoms with E-state index in [1.807, 2.05) is 13.8 Å². The lowest BCUT2D eigenvalue weighted by molar-refractivity contribution is 0.878. The zero-order valence-electron chi connectivity index (χ0n) is 5.67. The largest absolute Gasteiger partial charge is 0.209 e. The predicted octanol–water partition coefficient (Wildman–Crippen LogP) is 3.93. The summed E-state index contributed by atoms with van der Waals surface area (Å²) in [4.78, 5) is -0.454. The lowest BCUT2D eigenvalue weighted by Gasteiger charge is -2.10. The highest BCUT2D eigenvalue weighted by Gasteiger charge is 2.16. The van der Waals surface area contributed by atoms with Crippen LogP contribution in [0.2, 0.25) is 0 Å². The minimum absolute atomic E-state index is 0.454. The summed E-state index contributed by atoms with van der Waals surface area (Å²) in [5.74, 6) is 0. The molecule has 0 saturated carbocycles. The van der Waals surface area contributed by atoms with Crippen molar-refractivity contribution in [2.75, 3.05) is 0 Å². The zero-order valence-corrected chi connectivity index (χ0v) is 8.69. The summed E-state index contributed by atoms with van der Waals surface area (Å²) in [7, 11) is 0. The average molecular weight is 222 g/mol. The van der Waals surface area contributed by atoms with Crippen molar-refractivity contribution in [1.29, 1.82) is 0 Å². The molecule has 4 heteroatoms. The molecule has 0 aromatic carbocycles. The van der Waals surface area contributed by atoms with Crippen molar-refractivity contribution in [3.63, 3.8) is 0 Å². The zero-order chi connectivity index (χ0) is 8.41. The fraction of sp³-hybridized carbons (Fsp3) is 0.667. The summed E-state index contributed by atoms with van der Waals surface area (Å²) in [6.07, 6.45) is 3.08. The highest BCUT2D eigenvalue weighted by Crippen LogP contribution is 2.29. The van der Waals surface area contributed by atoms with Crippen LogP contribution in [0, 0.1) is 0 Å². The van der Waals surface area contributed by atoms with Crippen molar-refractivity contribution in [2.24, 2.45) is 0 Å². The number of alkyl halides is 4. The third-order valence-corrected chi connectivity index (χ3v) is 1.17. The first-order valence-corrected chi connectivity index (χ1v) is 4.18. The molecule has 0 nitrogen and oxygen atoms in total. The van der Waals surface area contributed by atoms with Crippen LogP contribution >= 0.6 is 46.4 Å². The fourth-order valence-corrected chi connectivity index (χ4v) is 0.545. The van der Waals surface area contributed by atoms with E-state index in [0.717, 1.165) is 0 Å². The molecule has 0 amide bonds. The fourth-order valence-electron chi connectivity index (χ4n) is 0.293. The second kappa shape index (κ2) is 3.53. The van der Waals surface area contributed by atoms with Crippen molar-refractivity contribution in [1.82, 2.24) is 0 Å². The predicted molar refractivity (Wildman–Crippen MR) is 49.4 cm³/mol. The van der Waals surface area contributed by atoms with E-state index >= 15 is 0 Å². The maximum atomic E-state index is 5.78. The summed E-state index contributed by atoms with van der Waals surface area (Å²) in [5, 5.41) is 0. The number of halogens is 4. The lowest BCUT2D eigenvalue weighted by Crippen LogP contribution is -2.07. The summed E-state index contributed by atoms with van der Waals surface area (Å²) >= 11 is 22.1. The van der Waals surface area contributed by atoms with Crippen LogP contribution in [0.1, 0.15) is 13.8 Å². The summed E-state index contributed by atoms with van der Waals surface area (Å²) < 4.78 is -1.34. The third-order valence-electron chi connectivity index (χ3n) is 0.669. The van der Waals surface area contributed by atoms with E-state index < -0.39 is 8.67 Å². The van der Waals surface area contributed by atoms with Crippen molar-refractivity contribution >= 4 is 46.4 Å². The molecule has 0 saturated heterocycles. The SMILES string of the molecule is CC(C)(Cl)/C=C/C(Cl)(Cl)Cl. The second-order valence-corrected chi connectivity index (χ2v) is 5.78. The van der Waals surface area contributed by atoms with E-state index in [-0.39, 0.29) is 0 Å². The maximum absolute atomic E-state index is 5.78. The molecule has 0 aromatic heterocycles. The van der Waals surface area contributed by atoms with Crippen molar-refractivity contribution < 1.29 is 0 Å². The first-order chi connectivity index (χ1) is 4.21. The van der Waals surface area contributed by atoms with Gasteiger partial charge in [0, 0.05) is 0 Å². The Labute approximate surface area is 81.1 Å². The topological polar surface area (TPSA) is 0 Å². The standard InChI is InChI=1S/C6H8Cl4/c1-5(2,7)3-4-6(8,9)10/h3-4H,1-2H3/b4-3+. The van der Waals surface area contributed by atoms with E-state index in [1.54, 1.807) is 6.08 Å². The van der Waals surface area contributed by atoms with Crippen LogP contribution < -0.4 is 0 Å². The Morgan fingerprint density at radius 3 is 1.40 bits per heavy atom. The Kier molecular flexibility index (Phi) is 3.85. The maximum Gasteiger partial charge on any atom is 0.209 e.